The van der Waals surface area contributed by atoms with Crippen molar-refractivity contribution in [2.24, 2.45) is 4.99 Å². The Hall–Kier alpha value is -2.64. The molecule has 0 bridgehead atoms. The molecular formula is C15H9NO2. The van der Waals surface area contributed by atoms with E-state index in [1.807, 2.05) is 48.5 Å². The fraction of sp³-hybridized carbons (Fsp3) is 0. The van der Waals surface area contributed by atoms with Crippen LogP contribution in [0.1, 0.15) is 0 Å². The number of furan rings is 1. The van der Waals surface area contributed by atoms with E-state index in [2.05, 4.69) is 4.99 Å². The third-order valence-corrected chi connectivity index (χ3v) is 2.75. The third-order valence-electron chi connectivity index (χ3n) is 2.75. The van der Waals surface area contributed by atoms with Gasteiger partial charge in [-0.2, -0.15) is 4.99 Å². The second-order valence-electron chi connectivity index (χ2n) is 3.88. The van der Waals surface area contributed by atoms with E-state index in [-0.39, 0.29) is 0 Å². The normalized spacial score (nSPS) is 10.2. The van der Waals surface area contributed by atoms with Gasteiger partial charge >= 0.3 is 0 Å². The Bertz CT molecular complexity index is 738. The lowest BCUT2D eigenvalue weighted by atomic mass is 10.1. The first-order valence-corrected chi connectivity index (χ1v) is 5.54. The second-order valence-corrected chi connectivity index (χ2v) is 3.88. The molecule has 2 aromatic carbocycles. The fourth-order valence-electron chi connectivity index (χ4n) is 1.93. The summed E-state index contributed by atoms with van der Waals surface area (Å²) in [5.41, 5.74) is 2.11. The van der Waals surface area contributed by atoms with Gasteiger partial charge in [0, 0.05) is 10.9 Å². The molecule has 18 heavy (non-hydrogen) atoms. The number of nitrogens with zero attached hydrogens (tertiary/aromatic N) is 1. The number of hydrogen-bond acceptors (Lipinski definition) is 3. The van der Waals surface area contributed by atoms with Crippen LogP contribution in [-0.2, 0) is 4.79 Å². The van der Waals surface area contributed by atoms with Crippen LogP contribution in [0.2, 0.25) is 0 Å². The molecule has 3 heteroatoms. The van der Waals surface area contributed by atoms with E-state index in [9.17, 15) is 4.79 Å². The largest absolute Gasteiger partial charge is 0.454 e. The van der Waals surface area contributed by atoms with Crippen LogP contribution in [-0.4, -0.2) is 6.08 Å². The SMILES string of the molecule is O=C=Nc1cccc2cc(-c3ccccc3)oc12. The molecule has 0 spiro atoms. The molecule has 0 aliphatic rings. The van der Waals surface area contributed by atoms with E-state index in [0.717, 1.165) is 16.7 Å². The molecule has 1 heterocycles. The Morgan fingerprint density at radius 3 is 2.61 bits per heavy atom. The van der Waals surface area contributed by atoms with Gasteiger partial charge in [-0.3, -0.25) is 0 Å². The number of para-hydroxylation sites is 1. The number of aliphatic imine (C=N–C) groups is 1. The van der Waals surface area contributed by atoms with Crippen LogP contribution < -0.4 is 0 Å². The molecule has 0 aliphatic heterocycles. The van der Waals surface area contributed by atoms with Gasteiger partial charge in [-0.1, -0.05) is 42.5 Å². The van der Waals surface area contributed by atoms with Crippen LogP contribution in [0.5, 0.6) is 0 Å². The molecule has 0 unspecified atom stereocenters. The number of benzene rings is 2. The summed E-state index contributed by atoms with van der Waals surface area (Å²) in [4.78, 5) is 14.0. The first-order chi connectivity index (χ1) is 8.88. The first kappa shape index (κ1) is 10.5. The van der Waals surface area contributed by atoms with Crippen LogP contribution in [0, 0.1) is 0 Å². The maximum absolute atomic E-state index is 10.4. The van der Waals surface area contributed by atoms with E-state index in [0.29, 0.717) is 11.3 Å². The first-order valence-electron chi connectivity index (χ1n) is 5.54. The average Bonchev–Trinajstić information content (AvgIpc) is 2.85. The Labute approximate surface area is 103 Å². The standard InChI is InChI=1S/C15H9NO2/c17-10-16-13-8-4-7-12-9-14(18-15(12)13)11-5-2-1-3-6-11/h1-9H. The zero-order valence-electron chi connectivity index (χ0n) is 9.46. The van der Waals surface area contributed by atoms with Crippen molar-refractivity contribution < 1.29 is 9.21 Å². The lowest BCUT2D eigenvalue weighted by Gasteiger charge is -1.94. The summed E-state index contributed by atoms with van der Waals surface area (Å²) in [6.45, 7) is 0. The lowest BCUT2D eigenvalue weighted by molar-refractivity contribution is 0.565. The van der Waals surface area contributed by atoms with Gasteiger partial charge in [0.05, 0.1) is 0 Å². The average molecular weight is 235 g/mol. The minimum atomic E-state index is 0.504. The monoisotopic (exact) mass is 235 g/mol. The highest BCUT2D eigenvalue weighted by Gasteiger charge is 2.08. The molecule has 0 amide bonds. The Balaban J connectivity index is 2.23. The van der Waals surface area contributed by atoms with Crippen molar-refractivity contribution in [3.63, 3.8) is 0 Å². The predicted molar refractivity (Wildman–Crippen MR) is 69.4 cm³/mol. The highest BCUT2D eigenvalue weighted by molar-refractivity contribution is 5.91. The Kier molecular flexibility index (Phi) is 2.52. The summed E-state index contributed by atoms with van der Waals surface area (Å²) in [6, 6.07) is 17.2. The molecular weight excluding hydrogens is 226 g/mol. The number of rotatable bonds is 2. The molecule has 3 rings (SSSR count). The summed E-state index contributed by atoms with van der Waals surface area (Å²) in [5.74, 6) is 0.763. The quantitative estimate of drug-likeness (QED) is 0.496. The fourth-order valence-corrected chi connectivity index (χ4v) is 1.93. The Morgan fingerprint density at radius 2 is 1.83 bits per heavy atom. The predicted octanol–water partition coefficient (Wildman–Crippen LogP) is 4.07. The van der Waals surface area contributed by atoms with Gasteiger partial charge in [0.25, 0.3) is 0 Å². The van der Waals surface area contributed by atoms with Gasteiger partial charge in [0.2, 0.25) is 6.08 Å². The molecule has 3 aromatic rings. The van der Waals surface area contributed by atoms with Crippen molar-refractivity contribution in [1.29, 1.82) is 0 Å². The van der Waals surface area contributed by atoms with Crippen LogP contribution >= 0.6 is 0 Å². The zero-order chi connectivity index (χ0) is 12.4. The molecule has 0 atom stereocenters. The molecule has 0 radical (unpaired) electrons. The molecule has 0 saturated carbocycles. The van der Waals surface area contributed by atoms with E-state index < -0.39 is 0 Å². The van der Waals surface area contributed by atoms with E-state index in [1.165, 1.54) is 0 Å². The summed E-state index contributed by atoms with van der Waals surface area (Å²) in [6.07, 6.45) is 1.54. The van der Waals surface area contributed by atoms with Gasteiger partial charge in [-0.15, -0.1) is 0 Å². The highest BCUT2D eigenvalue weighted by atomic mass is 16.3. The van der Waals surface area contributed by atoms with Gasteiger partial charge in [-0.25, -0.2) is 4.79 Å². The molecule has 3 nitrogen and oxygen atoms in total. The minimum absolute atomic E-state index is 0.504. The van der Waals surface area contributed by atoms with Crippen molar-refractivity contribution in [3.05, 3.63) is 54.6 Å². The second kappa shape index (κ2) is 4.32. The van der Waals surface area contributed by atoms with Gasteiger partial charge in [-0.05, 0) is 12.1 Å². The molecule has 0 fully saturated rings. The van der Waals surface area contributed by atoms with E-state index in [1.54, 1.807) is 12.1 Å². The van der Waals surface area contributed by atoms with Crippen molar-refractivity contribution in [2.45, 2.75) is 0 Å². The van der Waals surface area contributed by atoms with Crippen LogP contribution in [0.15, 0.2) is 64.0 Å². The molecule has 86 valence electrons. The molecule has 0 N–H and O–H groups in total. The van der Waals surface area contributed by atoms with Gasteiger partial charge < -0.3 is 4.42 Å². The van der Waals surface area contributed by atoms with Gasteiger partial charge in [0.1, 0.15) is 11.4 Å². The molecule has 1 aromatic heterocycles. The van der Waals surface area contributed by atoms with Crippen LogP contribution in [0.3, 0.4) is 0 Å². The van der Waals surface area contributed by atoms with Crippen LogP contribution in [0.4, 0.5) is 5.69 Å². The van der Waals surface area contributed by atoms with Crippen molar-refractivity contribution >= 4 is 22.7 Å². The summed E-state index contributed by atoms with van der Waals surface area (Å²) >= 11 is 0. The van der Waals surface area contributed by atoms with Crippen molar-refractivity contribution in [2.75, 3.05) is 0 Å². The number of fused-ring (bicyclic) bond motifs is 1. The highest BCUT2D eigenvalue weighted by Crippen LogP contribution is 2.33. The number of carbonyl (C=O) groups excluding carboxylic acids is 1. The van der Waals surface area contributed by atoms with Crippen molar-refractivity contribution in [3.8, 4) is 11.3 Å². The number of hydrogen-bond donors (Lipinski definition) is 0. The molecule has 0 aliphatic carbocycles. The summed E-state index contributed by atoms with van der Waals surface area (Å²) in [5, 5.41) is 0.922. The smallest absolute Gasteiger partial charge is 0.240 e. The minimum Gasteiger partial charge on any atom is -0.454 e. The maximum atomic E-state index is 10.4. The topological polar surface area (TPSA) is 42.6 Å². The molecule has 0 saturated heterocycles. The lowest BCUT2D eigenvalue weighted by Crippen LogP contribution is -1.69. The third kappa shape index (κ3) is 1.73. The summed E-state index contributed by atoms with van der Waals surface area (Å²) in [7, 11) is 0. The van der Waals surface area contributed by atoms with Crippen molar-refractivity contribution in [1.82, 2.24) is 0 Å². The van der Waals surface area contributed by atoms with Gasteiger partial charge in [0.15, 0.2) is 5.58 Å². The van der Waals surface area contributed by atoms with Crippen LogP contribution in [0.25, 0.3) is 22.3 Å². The van der Waals surface area contributed by atoms with E-state index >= 15 is 0 Å². The van der Waals surface area contributed by atoms with E-state index in [4.69, 9.17) is 4.42 Å². The summed E-state index contributed by atoms with van der Waals surface area (Å²) < 4.78 is 5.77. The Morgan fingerprint density at radius 1 is 1.00 bits per heavy atom. The zero-order valence-corrected chi connectivity index (χ0v) is 9.46. The number of isocyanates is 1. The maximum Gasteiger partial charge on any atom is 0.240 e.